The standard InChI is InChI=1S/C41H86N2O4.2ClH/c1-7-13-15-17-18-19-20-21-24-29-35-45-38-41(39-46-36-31-42(9-3)10-4,40-47-37-32-43(11-5)12-6)30-26-23-22-25-28-34-44-33-27-16-14-8-2;;/h7-40H2,1-6H3;2*1H. The smallest absolute Gasteiger partial charge is 0.101 e. The SMILES string of the molecule is CCCCCCCCCCCCOCC(CCCCCCCOCCCCCC)(COCC[NH+](CC)CC)COCC[NH+](CC)CC.[Cl-].[Cl-]. The fourth-order valence-corrected chi connectivity index (χ4v) is 6.51. The van der Waals surface area contributed by atoms with Crippen LogP contribution in [0.2, 0.25) is 0 Å². The van der Waals surface area contributed by atoms with Crippen LogP contribution in [0.4, 0.5) is 0 Å². The Bertz CT molecular complexity index is 548. The van der Waals surface area contributed by atoms with Crippen molar-refractivity contribution < 1.29 is 53.6 Å². The lowest BCUT2D eigenvalue weighted by atomic mass is 9.84. The van der Waals surface area contributed by atoms with Crippen LogP contribution in [0.1, 0.15) is 170 Å². The fourth-order valence-electron chi connectivity index (χ4n) is 6.51. The molecule has 0 unspecified atom stereocenters. The Morgan fingerprint density at radius 3 is 1.04 bits per heavy atom. The number of halogens is 2. The van der Waals surface area contributed by atoms with Gasteiger partial charge in [-0.25, -0.2) is 0 Å². The van der Waals surface area contributed by atoms with E-state index < -0.39 is 0 Å². The molecule has 8 heteroatoms. The Labute approximate surface area is 320 Å². The molecule has 0 aromatic rings. The van der Waals surface area contributed by atoms with E-state index in [1.165, 1.54) is 122 Å². The lowest BCUT2D eigenvalue weighted by Gasteiger charge is -2.34. The maximum atomic E-state index is 6.48. The molecular weight excluding hydrogens is 655 g/mol. The van der Waals surface area contributed by atoms with Crippen molar-refractivity contribution >= 4 is 0 Å². The van der Waals surface area contributed by atoms with E-state index in [1.54, 1.807) is 9.80 Å². The number of hydrogen-bond donors (Lipinski definition) is 2. The van der Waals surface area contributed by atoms with Gasteiger partial charge in [0.15, 0.2) is 0 Å². The van der Waals surface area contributed by atoms with Gasteiger partial charge < -0.3 is 53.6 Å². The third kappa shape index (κ3) is 35.2. The quantitative estimate of drug-likeness (QED) is 0.0941. The van der Waals surface area contributed by atoms with Gasteiger partial charge in [0.1, 0.15) is 13.1 Å². The highest BCUT2D eigenvalue weighted by Crippen LogP contribution is 2.28. The molecule has 300 valence electrons. The number of quaternary nitrogens is 2. The molecule has 49 heavy (non-hydrogen) atoms. The van der Waals surface area contributed by atoms with Gasteiger partial charge in [0.05, 0.1) is 59.2 Å². The summed E-state index contributed by atoms with van der Waals surface area (Å²) in [5.41, 5.74) is -0.0583. The minimum Gasteiger partial charge on any atom is -1.00 e. The van der Waals surface area contributed by atoms with E-state index in [0.29, 0.717) is 0 Å². The van der Waals surface area contributed by atoms with Crippen LogP contribution in [-0.4, -0.2) is 92.1 Å². The summed E-state index contributed by atoms with van der Waals surface area (Å²) in [5.74, 6) is 0. The second kappa shape index (κ2) is 42.8. The van der Waals surface area contributed by atoms with E-state index in [9.17, 15) is 0 Å². The Morgan fingerprint density at radius 1 is 0.347 bits per heavy atom. The fraction of sp³-hybridized carbons (Fsp3) is 1.00. The summed E-state index contributed by atoms with van der Waals surface area (Å²) in [5, 5.41) is 0. The van der Waals surface area contributed by atoms with Crippen LogP contribution in [0, 0.1) is 5.41 Å². The first kappa shape index (κ1) is 53.7. The topological polar surface area (TPSA) is 45.8 Å². The van der Waals surface area contributed by atoms with Gasteiger partial charge in [-0.15, -0.1) is 0 Å². The first-order chi connectivity index (χ1) is 23.1. The average molecular weight is 744 g/mol. The largest absolute Gasteiger partial charge is 1.00 e. The Morgan fingerprint density at radius 2 is 0.653 bits per heavy atom. The van der Waals surface area contributed by atoms with E-state index in [2.05, 4.69) is 41.5 Å². The van der Waals surface area contributed by atoms with Gasteiger partial charge in [-0.2, -0.15) is 0 Å². The molecule has 0 aliphatic heterocycles. The predicted octanol–water partition coefficient (Wildman–Crippen LogP) is 1.74. The molecule has 0 rings (SSSR count). The summed E-state index contributed by atoms with van der Waals surface area (Å²) in [6, 6.07) is 0. The monoisotopic (exact) mass is 743 g/mol. The van der Waals surface area contributed by atoms with E-state index >= 15 is 0 Å². The second-order valence-corrected chi connectivity index (χ2v) is 14.4. The number of rotatable bonds is 40. The third-order valence-electron chi connectivity index (χ3n) is 10.2. The van der Waals surface area contributed by atoms with E-state index in [0.717, 1.165) is 98.5 Å². The van der Waals surface area contributed by atoms with Crippen LogP contribution in [-0.2, 0) is 18.9 Å². The van der Waals surface area contributed by atoms with Gasteiger partial charge in [0.2, 0.25) is 0 Å². The van der Waals surface area contributed by atoms with Gasteiger partial charge in [0, 0.05) is 25.2 Å². The van der Waals surface area contributed by atoms with Gasteiger partial charge in [-0.3, -0.25) is 0 Å². The molecule has 0 radical (unpaired) electrons. The van der Waals surface area contributed by atoms with Crippen molar-refractivity contribution in [3.63, 3.8) is 0 Å². The van der Waals surface area contributed by atoms with Crippen molar-refractivity contribution in [1.82, 2.24) is 0 Å². The van der Waals surface area contributed by atoms with E-state index in [4.69, 9.17) is 18.9 Å². The van der Waals surface area contributed by atoms with Crippen LogP contribution in [0.15, 0.2) is 0 Å². The molecule has 0 heterocycles. The van der Waals surface area contributed by atoms with E-state index in [1.807, 2.05) is 0 Å². The molecule has 2 N–H and O–H groups in total. The minimum absolute atomic E-state index is 0. The van der Waals surface area contributed by atoms with Crippen molar-refractivity contribution in [3.8, 4) is 0 Å². The normalized spacial score (nSPS) is 11.8. The third-order valence-corrected chi connectivity index (χ3v) is 10.2. The van der Waals surface area contributed by atoms with Crippen molar-refractivity contribution in [2.45, 2.75) is 170 Å². The Kier molecular flexibility index (Phi) is 46.8. The van der Waals surface area contributed by atoms with Gasteiger partial charge >= 0.3 is 0 Å². The number of hydrogen-bond acceptors (Lipinski definition) is 4. The van der Waals surface area contributed by atoms with Crippen molar-refractivity contribution in [2.24, 2.45) is 5.41 Å². The average Bonchev–Trinajstić information content (AvgIpc) is 3.09. The van der Waals surface area contributed by atoms with Crippen molar-refractivity contribution in [1.29, 1.82) is 0 Å². The molecule has 0 fully saturated rings. The molecule has 0 saturated heterocycles. The maximum Gasteiger partial charge on any atom is 0.101 e. The molecule has 0 atom stereocenters. The predicted molar refractivity (Wildman–Crippen MR) is 203 cm³/mol. The van der Waals surface area contributed by atoms with Gasteiger partial charge in [-0.1, -0.05) is 117 Å². The Balaban J connectivity index is -0.0000106. The highest BCUT2D eigenvalue weighted by atomic mass is 35.5. The molecule has 6 nitrogen and oxygen atoms in total. The summed E-state index contributed by atoms with van der Waals surface area (Å²) in [6.45, 7) is 27.1. The molecule has 0 bridgehead atoms. The molecule has 0 aliphatic rings. The zero-order valence-corrected chi connectivity index (χ0v) is 35.4. The second-order valence-electron chi connectivity index (χ2n) is 14.4. The van der Waals surface area contributed by atoms with Gasteiger partial charge in [0.25, 0.3) is 0 Å². The minimum atomic E-state index is -0.0583. The molecule has 0 aliphatic carbocycles. The molecule has 0 aromatic heterocycles. The highest BCUT2D eigenvalue weighted by molar-refractivity contribution is 4.80. The number of unbranched alkanes of at least 4 members (excludes halogenated alkanes) is 16. The molecular formula is C41H88Cl2N2O4. The zero-order chi connectivity index (χ0) is 34.5. The van der Waals surface area contributed by atoms with Crippen LogP contribution in [0.5, 0.6) is 0 Å². The van der Waals surface area contributed by atoms with Crippen molar-refractivity contribution in [3.05, 3.63) is 0 Å². The van der Waals surface area contributed by atoms with Crippen LogP contribution in [0.3, 0.4) is 0 Å². The Hall–Kier alpha value is 0.340. The molecule has 0 aromatic carbocycles. The van der Waals surface area contributed by atoms with Crippen molar-refractivity contribution in [2.75, 3.05) is 92.1 Å². The molecule has 0 saturated carbocycles. The highest BCUT2D eigenvalue weighted by Gasteiger charge is 2.31. The lowest BCUT2D eigenvalue weighted by Crippen LogP contribution is -3.11. The maximum absolute atomic E-state index is 6.48. The van der Waals surface area contributed by atoms with Gasteiger partial charge in [-0.05, 0) is 53.4 Å². The molecule has 0 amide bonds. The number of nitrogens with one attached hydrogen (secondary N) is 2. The summed E-state index contributed by atoms with van der Waals surface area (Å²) in [4.78, 5) is 3.22. The lowest BCUT2D eigenvalue weighted by molar-refractivity contribution is -0.896. The summed E-state index contributed by atoms with van der Waals surface area (Å²) in [7, 11) is 0. The van der Waals surface area contributed by atoms with E-state index in [-0.39, 0.29) is 30.2 Å². The summed E-state index contributed by atoms with van der Waals surface area (Å²) < 4.78 is 25.3. The molecule has 0 spiro atoms. The zero-order valence-electron chi connectivity index (χ0n) is 33.9. The number of likely N-dealkylation sites (N-methyl/N-ethyl adjacent to an activating group) is 2. The van der Waals surface area contributed by atoms with Crippen LogP contribution in [0.25, 0.3) is 0 Å². The first-order valence-corrected chi connectivity index (χ1v) is 21.1. The van der Waals surface area contributed by atoms with Crippen LogP contribution >= 0.6 is 0 Å². The number of ether oxygens (including phenoxy) is 4. The summed E-state index contributed by atoms with van der Waals surface area (Å²) in [6.07, 6.45) is 26.1. The van der Waals surface area contributed by atoms with Crippen LogP contribution < -0.4 is 34.6 Å². The first-order valence-electron chi connectivity index (χ1n) is 21.1. The summed E-state index contributed by atoms with van der Waals surface area (Å²) >= 11 is 0.